The molecule has 0 bridgehead atoms. The molecule has 0 atom stereocenters. The number of rotatable bonds is 7. The zero-order valence-electron chi connectivity index (χ0n) is 14.5. The lowest BCUT2D eigenvalue weighted by Gasteiger charge is -2.08. The molecule has 0 saturated carbocycles. The molecule has 2 aromatic carbocycles. The number of hydrogen-bond acceptors (Lipinski definition) is 4. The van der Waals surface area contributed by atoms with E-state index in [0.29, 0.717) is 29.4 Å². The summed E-state index contributed by atoms with van der Waals surface area (Å²) in [6, 6.07) is 14.0. The highest BCUT2D eigenvalue weighted by Gasteiger charge is 2.08. The number of halogens is 2. The lowest BCUT2D eigenvalue weighted by atomic mass is 10.1. The number of aromatic nitrogens is 2. The van der Waals surface area contributed by atoms with E-state index in [2.05, 4.69) is 20.6 Å². The van der Waals surface area contributed by atoms with Crippen molar-refractivity contribution >= 4 is 23.3 Å². The molecular formula is C20H18ClFN4O. The Morgan fingerprint density at radius 3 is 2.67 bits per heavy atom. The quantitative estimate of drug-likeness (QED) is 0.649. The number of nitrogens with one attached hydrogen (secondary N) is 2. The summed E-state index contributed by atoms with van der Waals surface area (Å²) in [6.45, 7) is 0.751. The Kier molecular flexibility index (Phi) is 6.33. The van der Waals surface area contributed by atoms with E-state index in [-0.39, 0.29) is 24.0 Å². The predicted molar refractivity (Wildman–Crippen MR) is 103 cm³/mol. The summed E-state index contributed by atoms with van der Waals surface area (Å²) in [4.78, 5) is 20.4. The van der Waals surface area contributed by atoms with Gasteiger partial charge in [0, 0.05) is 23.7 Å². The molecule has 1 amide bonds. The van der Waals surface area contributed by atoms with Gasteiger partial charge in [-0.25, -0.2) is 14.4 Å². The minimum atomic E-state index is -0.301. The fraction of sp³-hybridized carbons (Fsp3) is 0.150. The topological polar surface area (TPSA) is 66.9 Å². The molecule has 0 spiro atoms. The van der Waals surface area contributed by atoms with E-state index in [4.69, 9.17) is 11.6 Å². The smallest absolute Gasteiger partial charge is 0.271 e. The number of benzene rings is 2. The van der Waals surface area contributed by atoms with E-state index in [1.165, 1.54) is 18.5 Å². The van der Waals surface area contributed by atoms with Gasteiger partial charge in [-0.3, -0.25) is 4.79 Å². The molecule has 3 rings (SSSR count). The first-order valence-corrected chi connectivity index (χ1v) is 8.81. The second-order valence-corrected chi connectivity index (χ2v) is 6.30. The number of hydrogen-bond donors (Lipinski definition) is 2. The van der Waals surface area contributed by atoms with E-state index >= 15 is 0 Å². The SMILES string of the molecule is O=C(NCCc1cccc(Cl)c1)c1cnc(NCc2ccccc2F)cn1. The average Bonchev–Trinajstić information content (AvgIpc) is 2.68. The second kappa shape index (κ2) is 9.09. The van der Waals surface area contributed by atoms with Crippen molar-refractivity contribution in [2.75, 3.05) is 11.9 Å². The van der Waals surface area contributed by atoms with Crippen LogP contribution in [-0.2, 0) is 13.0 Å². The lowest BCUT2D eigenvalue weighted by molar-refractivity contribution is 0.0949. The van der Waals surface area contributed by atoms with E-state index in [1.807, 2.05) is 18.2 Å². The van der Waals surface area contributed by atoms with Gasteiger partial charge in [-0.15, -0.1) is 0 Å². The lowest BCUT2D eigenvalue weighted by Crippen LogP contribution is -2.26. The third-order valence-electron chi connectivity index (χ3n) is 3.89. The molecule has 0 aliphatic carbocycles. The van der Waals surface area contributed by atoms with Gasteiger partial charge in [0.1, 0.15) is 17.3 Å². The summed E-state index contributed by atoms with van der Waals surface area (Å²) in [7, 11) is 0. The molecule has 0 aliphatic rings. The standard InChI is InChI=1S/C20H18ClFN4O/c21-16-6-3-4-14(10-16)8-9-23-20(27)18-12-26-19(13-24-18)25-11-15-5-1-2-7-17(15)22/h1-7,10,12-13H,8-9,11H2,(H,23,27)(H,25,26). The molecule has 27 heavy (non-hydrogen) atoms. The summed E-state index contributed by atoms with van der Waals surface area (Å²) >= 11 is 5.94. The number of amides is 1. The highest BCUT2D eigenvalue weighted by Crippen LogP contribution is 2.11. The van der Waals surface area contributed by atoms with Crippen molar-refractivity contribution in [1.82, 2.24) is 15.3 Å². The summed E-state index contributed by atoms with van der Waals surface area (Å²) in [6.07, 6.45) is 3.51. The van der Waals surface area contributed by atoms with Crippen molar-refractivity contribution in [1.29, 1.82) is 0 Å². The van der Waals surface area contributed by atoms with Crippen LogP contribution in [0.3, 0.4) is 0 Å². The summed E-state index contributed by atoms with van der Waals surface area (Å²) in [5.41, 5.74) is 1.79. The zero-order valence-corrected chi connectivity index (χ0v) is 15.2. The van der Waals surface area contributed by atoms with Crippen molar-refractivity contribution in [2.24, 2.45) is 0 Å². The van der Waals surface area contributed by atoms with Crippen LogP contribution < -0.4 is 10.6 Å². The molecule has 3 aromatic rings. The highest BCUT2D eigenvalue weighted by atomic mass is 35.5. The zero-order chi connectivity index (χ0) is 19.1. The Bertz CT molecular complexity index is 918. The van der Waals surface area contributed by atoms with Crippen molar-refractivity contribution in [2.45, 2.75) is 13.0 Å². The molecule has 0 aliphatic heterocycles. The normalized spacial score (nSPS) is 10.4. The monoisotopic (exact) mass is 384 g/mol. The van der Waals surface area contributed by atoms with E-state index < -0.39 is 0 Å². The third-order valence-corrected chi connectivity index (χ3v) is 4.13. The Balaban J connectivity index is 1.49. The molecule has 1 aromatic heterocycles. The van der Waals surface area contributed by atoms with Crippen LogP contribution in [0.15, 0.2) is 60.9 Å². The average molecular weight is 385 g/mol. The van der Waals surface area contributed by atoms with Crippen LogP contribution in [0, 0.1) is 5.82 Å². The van der Waals surface area contributed by atoms with Gasteiger partial charge in [-0.1, -0.05) is 41.9 Å². The molecular weight excluding hydrogens is 367 g/mol. The number of nitrogens with zero attached hydrogens (tertiary/aromatic N) is 2. The minimum Gasteiger partial charge on any atom is -0.365 e. The van der Waals surface area contributed by atoms with Crippen LogP contribution in [-0.4, -0.2) is 22.4 Å². The number of anilines is 1. The van der Waals surface area contributed by atoms with Gasteiger partial charge in [-0.05, 0) is 30.2 Å². The molecule has 7 heteroatoms. The van der Waals surface area contributed by atoms with Crippen LogP contribution in [0.5, 0.6) is 0 Å². The maximum atomic E-state index is 13.6. The summed E-state index contributed by atoms with van der Waals surface area (Å²) < 4.78 is 13.6. The molecule has 5 nitrogen and oxygen atoms in total. The molecule has 2 N–H and O–H groups in total. The van der Waals surface area contributed by atoms with Crippen LogP contribution >= 0.6 is 11.6 Å². The van der Waals surface area contributed by atoms with E-state index in [1.54, 1.807) is 24.3 Å². The number of carbonyl (C=O) groups is 1. The molecule has 0 radical (unpaired) electrons. The van der Waals surface area contributed by atoms with Gasteiger partial charge in [-0.2, -0.15) is 0 Å². The van der Waals surface area contributed by atoms with Gasteiger partial charge in [0.05, 0.1) is 12.4 Å². The largest absolute Gasteiger partial charge is 0.365 e. The van der Waals surface area contributed by atoms with E-state index in [9.17, 15) is 9.18 Å². The van der Waals surface area contributed by atoms with Crippen molar-refractivity contribution in [3.63, 3.8) is 0 Å². The van der Waals surface area contributed by atoms with Gasteiger partial charge in [0.15, 0.2) is 0 Å². The first-order valence-electron chi connectivity index (χ1n) is 8.44. The van der Waals surface area contributed by atoms with E-state index in [0.717, 1.165) is 5.56 Å². The first kappa shape index (κ1) is 18.8. The Hall–Kier alpha value is -2.99. The van der Waals surface area contributed by atoms with Crippen molar-refractivity contribution in [3.8, 4) is 0 Å². The van der Waals surface area contributed by atoms with Crippen LogP contribution in [0.25, 0.3) is 0 Å². The Morgan fingerprint density at radius 1 is 1.07 bits per heavy atom. The predicted octanol–water partition coefficient (Wildman–Crippen LogP) is 3.85. The van der Waals surface area contributed by atoms with Gasteiger partial charge < -0.3 is 10.6 Å². The minimum absolute atomic E-state index is 0.220. The third kappa shape index (κ3) is 5.49. The maximum absolute atomic E-state index is 13.6. The molecule has 0 unspecified atom stereocenters. The Labute approximate surface area is 161 Å². The highest BCUT2D eigenvalue weighted by molar-refractivity contribution is 6.30. The molecule has 138 valence electrons. The van der Waals surface area contributed by atoms with Crippen LogP contribution in [0.4, 0.5) is 10.2 Å². The summed E-state index contributed by atoms with van der Waals surface area (Å²) in [5.74, 6) is -0.118. The van der Waals surface area contributed by atoms with Gasteiger partial charge in [0.2, 0.25) is 0 Å². The van der Waals surface area contributed by atoms with Gasteiger partial charge >= 0.3 is 0 Å². The molecule has 0 saturated heterocycles. The van der Waals surface area contributed by atoms with Crippen LogP contribution in [0.2, 0.25) is 5.02 Å². The van der Waals surface area contributed by atoms with Gasteiger partial charge in [0.25, 0.3) is 5.91 Å². The number of carbonyl (C=O) groups excluding carboxylic acids is 1. The fourth-order valence-electron chi connectivity index (χ4n) is 2.47. The van der Waals surface area contributed by atoms with Crippen LogP contribution in [0.1, 0.15) is 21.6 Å². The fourth-order valence-corrected chi connectivity index (χ4v) is 2.68. The second-order valence-electron chi connectivity index (χ2n) is 5.87. The first-order chi connectivity index (χ1) is 13.1. The van der Waals surface area contributed by atoms with Crippen molar-refractivity contribution in [3.05, 3.63) is 88.6 Å². The molecule has 0 fully saturated rings. The Morgan fingerprint density at radius 2 is 1.93 bits per heavy atom. The van der Waals surface area contributed by atoms with Crippen molar-refractivity contribution < 1.29 is 9.18 Å². The maximum Gasteiger partial charge on any atom is 0.271 e. The summed E-state index contributed by atoms with van der Waals surface area (Å²) in [5, 5.41) is 6.45. The molecule has 1 heterocycles.